The molecule has 5 nitrogen and oxygen atoms in total. The Morgan fingerprint density at radius 3 is 2.80 bits per heavy atom. The van der Waals surface area contributed by atoms with Crippen LogP contribution >= 0.6 is 11.3 Å². The van der Waals surface area contributed by atoms with Gasteiger partial charge in [0, 0.05) is 11.4 Å². The number of hydrogen-bond acceptors (Lipinski definition) is 5. The Hall–Kier alpha value is -2.34. The van der Waals surface area contributed by atoms with Crippen LogP contribution in [0.3, 0.4) is 0 Å². The Kier molecular flexibility index (Phi) is 4.44. The molecule has 2 aromatic heterocycles. The first-order valence-electron chi connectivity index (χ1n) is 8.53. The van der Waals surface area contributed by atoms with Crippen molar-refractivity contribution in [2.24, 2.45) is 0 Å². The van der Waals surface area contributed by atoms with Crippen LogP contribution in [0.25, 0.3) is 10.2 Å². The number of benzene rings is 1. The maximum Gasteiger partial charge on any atom is 0.262 e. The second-order valence-electron chi connectivity index (χ2n) is 6.16. The monoisotopic (exact) mass is 356 g/mol. The molecule has 2 heterocycles. The van der Waals surface area contributed by atoms with Crippen LogP contribution in [0, 0.1) is 0 Å². The van der Waals surface area contributed by atoms with Crippen LogP contribution in [0.4, 0.5) is 0 Å². The lowest BCUT2D eigenvalue weighted by atomic mass is 10.2. The van der Waals surface area contributed by atoms with Crippen LogP contribution in [-0.2, 0) is 19.4 Å². The zero-order valence-electron chi connectivity index (χ0n) is 14.2. The minimum absolute atomic E-state index is 0.0915. The average Bonchev–Trinajstić information content (AvgIpc) is 3.22. The van der Waals surface area contributed by atoms with Crippen molar-refractivity contribution in [3.05, 3.63) is 51.4 Å². The number of hydrogen-bond donors (Lipinski definition) is 0. The summed E-state index contributed by atoms with van der Waals surface area (Å²) in [7, 11) is 1.64. The highest BCUT2D eigenvalue weighted by atomic mass is 32.1. The summed E-state index contributed by atoms with van der Waals surface area (Å²) in [5.74, 6) is 1.61. The van der Waals surface area contributed by atoms with Crippen LogP contribution in [-0.4, -0.2) is 23.3 Å². The van der Waals surface area contributed by atoms with Crippen molar-refractivity contribution < 1.29 is 9.47 Å². The van der Waals surface area contributed by atoms with E-state index in [4.69, 9.17) is 9.47 Å². The van der Waals surface area contributed by atoms with E-state index in [1.54, 1.807) is 29.3 Å². The third-order valence-electron chi connectivity index (χ3n) is 4.56. The molecule has 0 saturated heterocycles. The molecule has 0 fully saturated rings. The van der Waals surface area contributed by atoms with Crippen molar-refractivity contribution in [1.82, 2.24) is 9.55 Å². The summed E-state index contributed by atoms with van der Waals surface area (Å²) in [6.45, 7) is 1.17. The van der Waals surface area contributed by atoms with E-state index in [0.717, 1.165) is 47.4 Å². The van der Waals surface area contributed by atoms with Gasteiger partial charge in [-0.05, 0) is 55.5 Å². The Morgan fingerprint density at radius 2 is 2.00 bits per heavy atom. The summed E-state index contributed by atoms with van der Waals surface area (Å²) in [6.07, 6.45) is 5.68. The molecule has 4 rings (SSSR count). The molecule has 6 heteroatoms. The first-order chi connectivity index (χ1) is 12.3. The average molecular weight is 356 g/mol. The molecule has 130 valence electrons. The lowest BCUT2D eigenvalue weighted by molar-refractivity contribution is 0.300. The van der Waals surface area contributed by atoms with E-state index in [1.165, 1.54) is 10.4 Å². The second-order valence-corrected chi connectivity index (χ2v) is 7.24. The van der Waals surface area contributed by atoms with Gasteiger partial charge in [-0.25, -0.2) is 4.98 Å². The zero-order chi connectivity index (χ0) is 17.2. The largest absolute Gasteiger partial charge is 0.497 e. The smallest absolute Gasteiger partial charge is 0.262 e. The SMILES string of the molecule is COc1ccc(OCCCn2cnc3sc4c(c3c2=O)CCC4)cc1. The standard InChI is InChI=1S/C19H20N2O3S/c1-23-13-6-8-14(9-7-13)24-11-3-10-21-12-20-18-17(19(21)22)15-4-2-5-16(15)25-18/h6-9,12H,2-5,10-11H2,1H3. The lowest BCUT2D eigenvalue weighted by Gasteiger charge is -2.08. The molecule has 3 aromatic rings. The number of nitrogens with zero attached hydrogens (tertiary/aromatic N) is 2. The molecule has 25 heavy (non-hydrogen) atoms. The molecule has 0 bridgehead atoms. The maximum absolute atomic E-state index is 12.8. The van der Waals surface area contributed by atoms with Crippen molar-refractivity contribution >= 4 is 21.6 Å². The Labute approximate surface area is 149 Å². The van der Waals surface area contributed by atoms with Crippen molar-refractivity contribution in [3.8, 4) is 11.5 Å². The minimum atomic E-state index is 0.0915. The summed E-state index contributed by atoms with van der Waals surface area (Å²) in [6, 6.07) is 7.50. The van der Waals surface area contributed by atoms with Gasteiger partial charge >= 0.3 is 0 Å². The quantitative estimate of drug-likeness (QED) is 0.635. The highest BCUT2D eigenvalue weighted by Gasteiger charge is 2.21. The first-order valence-corrected chi connectivity index (χ1v) is 9.34. The Bertz CT molecular complexity index is 944. The van der Waals surface area contributed by atoms with Gasteiger partial charge in [0.15, 0.2) is 0 Å². The molecule has 0 aliphatic heterocycles. The highest BCUT2D eigenvalue weighted by Crippen LogP contribution is 2.34. The molecular formula is C19H20N2O3S. The molecule has 0 amide bonds. The number of aromatic nitrogens is 2. The van der Waals surface area contributed by atoms with Gasteiger partial charge in [-0.3, -0.25) is 9.36 Å². The number of methoxy groups -OCH3 is 1. The maximum atomic E-state index is 12.8. The predicted octanol–water partition coefficient (Wildman–Crippen LogP) is 3.42. The van der Waals surface area contributed by atoms with Crippen LogP contribution in [0.2, 0.25) is 0 Å². The summed E-state index contributed by atoms with van der Waals surface area (Å²) in [5, 5.41) is 0.844. The van der Waals surface area contributed by atoms with Crippen molar-refractivity contribution in [2.45, 2.75) is 32.2 Å². The van der Waals surface area contributed by atoms with E-state index in [2.05, 4.69) is 4.98 Å². The third-order valence-corrected chi connectivity index (χ3v) is 5.76. The molecule has 0 atom stereocenters. The molecule has 0 unspecified atom stereocenters. The Balaban J connectivity index is 1.41. The van der Waals surface area contributed by atoms with Crippen molar-refractivity contribution in [1.29, 1.82) is 0 Å². The van der Waals surface area contributed by atoms with Gasteiger partial charge in [-0.15, -0.1) is 11.3 Å². The van der Waals surface area contributed by atoms with E-state index in [0.29, 0.717) is 13.2 Å². The van der Waals surface area contributed by atoms with E-state index < -0.39 is 0 Å². The molecule has 1 aromatic carbocycles. The van der Waals surface area contributed by atoms with Crippen molar-refractivity contribution in [2.75, 3.05) is 13.7 Å². The summed E-state index contributed by atoms with van der Waals surface area (Å²) in [4.78, 5) is 19.5. The minimum Gasteiger partial charge on any atom is -0.497 e. The second kappa shape index (κ2) is 6.88. The number of aryl methyl sites for hydroxylation is 3. The van der Waals surface area contributed by atoms with Gasteiger partial charge < -0.3 is 9.47 Å². The molecule has 0 radical (unpaired) electrons. The van der Waals surface area contributed by atoms with E-state index in [-0.39, 0.29) is 5.56 Å². The topological polar surface area (TPSA) is 53.4 Å². The van der Waals surface area contributed by atoms with E-state index in [9.17, 15) is 4.79 Å². The summed E-state index contributed by atoms with van der Waals surface area (Å²) in [5.41, 5.74) is 1.33. The van der Waals surface area contributed by atoms with Gasteiger partial charge in [0.1, 0.15) is 16.3 Å². The van der Waals surface area contributed by atoms with Gasteiger partial charge in [-0.2, -0.15) is 0 Å². The predicted molar refractivity (Wildman–Crippen MR) is 99.0 cm³/mol. The van der Waals surface area contributed by atoms with Gasteiger partial charge in [0.2, 0.25) is 0 Å². The number of rotatable bonds is 6. The molecule has 1 aliphatic rings. The van der Waals surface area contributed by atoms with Gasteiger partial charge in [0.05, 0.1) is 25.4 Å². The van der Waals surface area contributed by atoms with Crippen LogP contribution in [0.1, 0.15) is 23.3 Å². The van der Waals surface area contributed by atoms with E-state index >= 15 is 0 Å². The lowest BCUT2D eigenvalue weighted by Crippen LogP contribution is -2.21. The van der Waals surface area contributed by atoms with Gasteiger partial charge in [-0.1, -0.05) is 0 Å². The summed E-state index contributed by atoms with van der Waals surface area (Å²) >= 11 is 1.68. The first kappa shape index (κ1) is 16.1. The molecule has 0 N–H and O–H groups in total. The fourth-order valence-corrected chi connectivity index (χ4v) is 4.50. The number of fused-ring (bicyclic) bond motifs is 3. The summed E-state index contributed by atoms with van der Waals surface area (Å²) < 4.78 is 12.6. The highest BCUT2D eigenvalue weighted by molar-refractivity contribution is 7.18. The number of ether oxygens (including phenoxy) is 2. The van der Waals surface area contributed by atoms with Crippen LogP contribution < -0.4 is 15.0 Å². The Morgan fingerprint density at radius 1 is 1.20 bits per heavy atom. The van der Waals surface area contributed by atoms with Crippen molar-refractivity contribution in [3.63, 3.8) is 0 Å². The van der Waals surface area contributed by atoms with Crippen LogP contribution in [0.5, 0.6) is 11.5 Å². The number of thiophene rings is 1. The van der Waals surface area contributed by atoms with Crippen LogP contribution in [0.15, 0.2) is 35.4 Å². The third kappa shape index (κ3) is 3.14. The fraction of sp³-hybridized carbons (Fsp3) is 0.368. The zero-order valence-corrected chi connectivity index (χ0v) is 15.0. The van der Waals surface area contributed by atoms with Gasteiger partial charge in [0.25, 0.3) is 5.56 Å². The molecule has 0 saturated carbocycles. The molecule has 1 aliphatic carbocycles. The molecular weight excluding hydrogens is 336 g/mol. The fourth-order valence-electron chi connectivity index (χ4n) is 3.28. The molecule has 0 spiro atoms. The normalized spacial score (nSPS) is 13.2. The van der Waals surface area contributed by atoms with E-state index in [1.807, 2.05) is 24.3 Å².